The fourth-order valence-electron chi connectivity index (χ4n) is 1.96. The second-order valence-electron chi connectivity index (χ2n) is 5.06. The van der Waals surface area contributed by atoms with E-state index in [1.54, 1.807) is 6.92 Å². The molecule has 0 heterocycles. The number of hydrogen-bond acceptors (Lipinski definition) is 2. The van der Waals surface area contributed by atoms with E-state index in [9.17, 15) is 4.79 Å². The van der Waals surface area contributed by atoms with Gasteiger partial charge >= 0.3 is 5.97 Å². The number of nitrogens with zero attached hydrogens (tertiary/aromatic N) is 1. The molecule has 0 amide bonds. The van der Waals surface area contributed by atoms with E-state index in [-0.39, 0.29) is 5.92 Å². The van der Waals surface area contributed by atoms with Crippen LogP contribution in [0.1, 0.15) is 32.8 Å². The first-order valence-corrected chi connectivity index (χ1v) is 7.03. The van der Waals surface area contributed by atoms with Crippen molar-refractivity contribution in [2.24, 2.45) is 5.92 Å². The molecule has 0 fully saturated rings. The fraction of sp³-hybridized carbons (Fsp3) is 0.533. The van der Waals surface area contributed by atoms with E-state index in [0.717, 1.165) is 18.5 Å². The maximum atomic E-state index is 11.0. The Morgan fingerprint density at radius 1 is 1.42 bits per heavy atom. The quantitative estimate of drug-likeness (QED) is 0.830. The molecule has 1 N–H and O–H groups in total. The number of carboxylic acids is 1. The van der Waals surface area contributed by atoms with Gasteiger partial charge in [-0.3, -0.25) is 9.69 Å². The second kappa shape index (κ2) is 7.51. The Bertz CT molecular complexity index is 422. The van der Waals surface area contributed by atoms with Gasteiger partial charge in [0.15, 0.2) is 0 Å². The first-order chi connectivity index (χ1) is 8.93. The molecule has 0 bridgehead atoms. The molecule has 2 unspecified atom stereocenters. The number of carboxylic acid groups (broad SMARTS) is 1. The molecule has 1 rings (SSSR count). The SMILES string of the molecule is CCC(C)N(Cc1cccc(Cl)c1)CC(C)C(=O)O. The van der Waals surface area contributed by atoms with Crippen molar-refractivity contribution in [1.82, 2.24) is 4.90 Å². The molecule has 0 radical (unpaired) electrons. The van der Waals surface area contributed by atoms with Crippen LogP contribution in [0.15, 0.2) is 24.3 Å². The summed E-state index contributed by atoms with van der Waals surface area (Å²) in [5.41, 5.74) is 1.12. The van der Waals surface area contributed by atoms with E-state index in [2.05, 4.69) is 18.7 Å². The molecule has 0 spiro atoms. The van der Waals surface area contributed by atoms with Gasteiger partial charge in [-0.25, -0.2) is 0 Å². The van der Waals surface area contributed by atoms with E-state index >= 15 is 0 Å². The van der Waals surface area contributed by atoms with Crippen LogP contribution in [0.4, 0.5) is 0 Å². The highest BCUT2D eigenvalue weighted by atomic mass is 35.5. The molecule has 19 heavy (non-hydrogen) atoms. The minimum atomic E-state index is -0.751. The maximum Gasteiger partial charge on any atom is 0.307 e. The van der Waals surface area contributed by atoms with Gasteiger partial charge in [-0.2, -0.15) is 0 Å². The van der Waals surface area contributed by atoms with E-state index in [0.29, 0.717) is 17.6 Å². The average Bonchev–Trinajstić information content (AvgIpc) is 2.36. The third kappa shape index (κ3) is 5.21. The van der Waals surface area contributed by atoms with Crippen LogP contribution in [0.3, 0.4) is 0 Å². The summed E-state index contributed by atoms with van der Waals surface area (Å²) in [7, 11) is 0. The Morgan fingerprint density at radius 3 is 2.63 bits per heavy atom. The minimum Gasteiger partial charge on any atom is -0.481 e. The number of hydrogen-bond donors (Lipinski definition) is 1. The Hall–Kier alpha value is -1.06. The summed E-state index contributed by atoms with van der Waals surface area (Å²) in [6.45, 7) is 7.26. The normalized spacial score (nSPS) is 14.4. The third-order valence-electron chi connectivity index (χ3n) is 3.42. The van der Waals surface area contributed by atoms with Crippen LogP contribution in [-0.2, 0) is 11.3 Å². The summed E-state index contributed by atoms with van der Waals surface area (Å²) in [6, 6.07) is 8.07. The zero-order valence-corrected chi connectivity index (χ0v) is 12.5. The summed E-state index contributed by atoms with van der Waals surface area (Å²) in [6.07, 6.45) is 0.993. The number of benzene rings is 1. The summed E-state index contributed by atoms with van der Waals surface area (Å²) in [5, 5.41) is 9.76. The molecule has 0 aliphatic heterocycles. The van der Waals surface area contributed by atoms with Gasteiger partial charge in [-0.15, -0.1) is 0 Å². The van der Waals surface area contributed by atoms with Gasteiger partial charge in [0.2, 0.25) is 0 Å². The molecular weight excluding hydrogens is 262 g/mol. The van der Waals surface area contributed by atoms with E-state index < -0.39 is 5.97 Å². The molecule has 1 aromatic rings. The lowest BCUT2D eigenvalue weighted by molar-refractivity contribution is -0.142. The first-order valence-electron chi connectivity index (χ1n) is 6.65. The summed E-state index contributed by atoms with van der Waals surface area (Å²) in [5.74, 6) is -1.12. The van der Waals surface area contributed by atoms with Crippen molar-refractivity contribution in [2.45, 2.75) is 39.8 Å². The molecule has 3 nitrogen and oxygen atoms in total. The van der Waals surface area contributed by atoms with Gasteiger partial charge < -0.3 is 5.11 Å². The number of rotatable bonds is 7. The first kappa shape index (κ1) is 16.0. The van der Waals surface area contributed by atoms with Crippen molar-refractivity contribution in [2.75, 3.05) is 6.54 Å². The van der Waals surface area contributed by atoms with Gasteiger partial charge in [-0.05, 0) is 31.0 Å². The van der Waals surface area contributed by atoms with Gasteiger partial charge in [0.1, 0.15) is 0 Å². The number of aliphatic carboxylic acids is 1. The standard InChI is InChI=1S/C15H22ClNO2/c1-4-12(3)17(9-11(2)15(18)19)10-13-6-5-7-14(16)8-13/h5-8,11-12H,4,9-10H2,1-3H3,(H,18,19). The molecule has 4 heteroatoms. The van der Waals surface area contributed by atoms with Crippen molar-refractivity contribution in [3.8, 4) is 0 Å². The Balaban J connectivity index is 2.77. The van der Waals surface area contributed by atoms with Crippen LogP contribution in [-0.4, -0.2) is 28.6 Å². The van der Waals surface area contributed by atoms with Crippen LogP contribution in [0.5, 0.6) is 0 Å². The maximum absolute atomic E-state index is 11.0. The highest BCUT2D eigenvalue weighted by Crippen LogP contribution is 2.16. The Kier molecular flexibility index (Phi) is 6.32. The number of carbonyl (C=O) groups is 1. The van der Waals surface area contributed by atoms with Gasteiger partial charge in [0.25, 0.3) is 0 Å². The molecule has 106 valence electrons. The van der Waals surface area contributed by atoms with Crippen LogP contribution in [0, 0.1) is 5.92 Å². The van der Waals surface area contributed by atoms with Crippen molar-refractivity contribution >= 4 is 17.6 Å². The van der Waals surface area contributed by atoms with Crippen LogP contribution >= 0.6 is 11.6 Å². The zero-order chi connectivity index (χ0) is 14.4. The van der Waals surface area contributed by atoms with E-state index in [4.69, 9.17) is 16.7 Å². The highest BCUT2D eigenvalue weighted by molar-refractivity contribution is 6.30. The van der Waals surface area contributed by atoms with Crippen LogP contribution in [0.25, 0.3) is 0 Å². The van der Waals surface area contributed by atoms with Gasteiger partial charge in [0, 0.05) is 24.2 Å². The van der Waals surface area contributed by atoms with Crippen molar-refractivity contribution in [3.05, 3.63) is 34.9 Å². The summed E-state index contributed by atoms with van der Waals surface area (Å²) >= 11 is 5.99. The van der Waals surface area contributed by atoms with Crippen LogP contribution < -0.4 is 0 Å². The summed E-state index contributed by atoms with van der Waals surface area (Å²) in [4.78, 5) is 13.2. The molecule has 0 aromatic heterocycles. The monoisotopic (exact) mass is 283 g/mol. The third-order valence-corrected chi connectivity index (χ3v) is 3.65. The number of halogens is 1. The Morgan fingerprint density at radius 2 is 2.11 bits per heavy atom. The van der Waals surface area contributed by atoms with Crippen molar-refractivity contribution in [3.63, 3.8) is 0 Å². The zero-order valence-electron chi connectivity index (χ0n) is 11.8. The average molecular weight is 284 g/mol. The highest BCUT2D eigenvalue weighted by Gasteiger charge is 2.19. The van der Waals surface area contributed by atoms with Crippen molar-refractivity contribution in [1.29, 1.82) is 0 Å². The van der Waals surface area contributed by atoms with E-state index in [1.165, 1.54) is 0 Å². The predicted octanol–water partition coefficient (Wildman–Crippen LogP) is 3.66. The van der Waals surface area contributed by atoms with Gasteiger partial charge in [0.05, 0.1) is 5.92 Å². The minimum absolute atomic E-state index is 0.348. The molecule has 0 saturated heterocycles. The molecule has 0 aliphatic rings. The predicted molar refractivity (Wildman–Crippen MR) is 78.4 cm³/mol. The van der Waals surface area contributed by atoms with Gasteiger partial charge in [-0.1, -0.05) is 37.6 Å². The lowest BCUT2D eigenvalue weighted by Crippen LogP contribution is -2.37. The lowest BCUT2D eigenvalue weighted by atomic mass is 10.1. The molecule has 0 saturated carbocycles. The fourth-order valence-corrected chi connectivity index (χ4v) is 2.17. The molecule has 1 aromatic carbocycles. The largest absolute Gasteiger partial charge is 0.481 e. The smallest absolute Gasteiger partial charge is 0.307 e. The molecule has 0 aliphatic carbocycles. The lowest BCUT2D eigenvalue weighted by Gasteiger charge is -2.30. The van der Waals surface area contributed by atoms with Crippen LogP contribution in [0.2, 0.25) is 5.02 Å². The molecular formula is C15H22ClNO2. The van der Waals surface area contributed by atoms with Crippen molar-refractivity contribution < 1.29 is 9.90 Å². The second-order valence-corrected chi connectivity index (χ2v) is 5.49. The van der Waals surface area contributed by atoms with E-state index in [1.807, 2.05) is 24.3 Å². The summed E-state index contributed by atoms with van der Waals surface area (Å²) < 4.78 is 0. The molecule has 2 atom stereocenters. The Labute approximate surface area is 120 Å². The topological polar surface area (TPSA) is 40.5 Å².